The van der Waals surface area contributed by atoms with Gasteiger partial charge >= 0.3 is 0 Å². The molecule has 0 aromatic heterocycles. The second kappa shape index (κ2) is 12.1. The van der Waals surface area contributed by atoms with Crippen LogP contribution in [0.2, 0.25) is 10.0 Å². The van der Waals surface area contributed by atoms with Crippen molar-refractivity contribution < 1.29 is 18.0 Å². The van der Waals surface area contributed by atoms with Gasteiger partial charge in [0, 0.05) is 28.2 Å². The molecular weight excluding hydrogens is 509 g/mol. The molecular formula is C25H33Cl2N3O4S. The lowest BCUT2D eigenvalue weighted by atomic mass is 10.0. The number of nitrogens with one attached hydrogen (secondary N) is 1. The second-order valence-corrected chi connectivity index (χ2v) is 11.8. The first kappa shape index (κ1) is 28.9. The van der Waals surface area contributed by atoms with E-state index >= 15 is 0 Å². The van der Waals surface area contributed by atoms with Crippen LogP contribution in [-0.2, 0) is 26.2 Å². The zero-order chi connectivity index (χ0) is 26.5. The number of amides is 2. The lowest BCUT2D eigenvalue weighted by molar-refractivity contribution is -0.139. The zero-order valence-corrected chi connectivity index (χ0v) is 23.2. The molecule has 1 unspecified atom stereocenters. The fourth-order valence-corrected chi connectivity index (χ4v) is 4.85. The minimum Gasteiger partial charge on any atom is -0.352 e. The number of sulfonamides is 1. The lowest BCUT2D eigenvalue weighted by Gasteiger charge is -2.32. The second-order valence-electron chi connectivity index (χ2n) is 9.08. The molecule has 2 aromatic carbocycles. The van der Waals surface area contributed by atoms with Crippen LogP contribution in [0.1, 0.15) is 51.7 Å². The van der Waals surface area contributed by atoms with Crippen molar-refractivity contribution in [2.45, 2.75) is 59.2 Å². The summed E-state index contributed by atoms with van der Waals surface area (Å²) in [6.45, 7) is 8.74. The van der Waals surface area contributed by atoms with Crippen LogP contribution in [0.15, 0.2) is 42.5 Å². The van der Waals surface area contributed by atoms with Crippen LogP contribution in [0.3, 0.4) is 0 Å². The minimum absolute atomic E-state index is 0.0616. The van der Waals surface area contributed by atoms with Crippen LogP contribution in [0.4, 0.5) is 5.69 Å². The van der Waals surface area contributed by atoms with Crippen LogP contribution >= 0.6 is 23.2 Å². The Bertz CT molecular complexity index is 1130. The fourth-order valence-electron chi connectivity index (χ4n) is 3.48. The summed E-state index contributed by atoms with van der Waals surface area (Å²) in [5.41, 5.74) is 1.88. The van der Waals surface area contributed by atoms with Crippen molar-refractivity contribution in [3.63, 3.8) is 0 Å². The number of nitrogens with zero attached hydrogens (tertiary/aromatic N) is 2. The quantitative estimate of drug-likeness (QED) is 0.466. The predicted octanol–water partition coefficient (Wildman–Crippen LogP) is 4.82. The van der Waals surface area contributed by atoms with Crippen molar-refractivity contribution in [1.82, 2.24) is 10.2 Å². The lowest BCUT2D eigenvalue weighted by Crippen LogP contribution is -2.52. The molecule has 0 aliphatic carbocycles. The highest BCUT2D eigenvalue weighted by molar-refractivity contribution is 7.92. The average molecular weight is 543 g/mol. The molecule has 35 heavy (non-hydrogen) atoms. The molecule has 0 heterocycles. The third-order valence-electron chi connectivity index (χ3n) is 5.52. The summed E-state index contributed by atoms with van der Waals surface area (Å²) in [5, 5.41) is 3.48. The SMILES string of the molecule is CC(C)NC(=O)C(C)N(Cc1c(Cl)cccc1Cl)C(=O)CN(c1ccc(C(C)C)cc1)S(C)(=O)=O. The first-order valence-corrected chi connectivity index (χ1v) is 13.9. The van der Waals surface area contributed by atoms with Crippen molar-refractivity contribution in [3.8, 4) is 0 Å². The van der Waals surface area contributed by atoms with E-state index in [9.17, 15) is 18.0 Å². The number of anilines is 1. The molecule has 0 bridgehead atoms. The van der Waals surface area contributed by atoms with Crippen molar-refractivity contribution >= 4 is 50.7 Å². The molecule has 0 fully saturated rings. The van der Waals surface area contributed by atoms with E-state index in [1.807, 2.05) is 39.8 Å². The van der Waals surface area contributed by atoms with Crippen molar-refractivity contribution in [3.05, 3.63) is 63.6 Å². The molecule has 2 amide bonds. The maximum atomic E-state index is 13.6. The van der Waals surface area contributed by atoms with Gasteiger partial charge in [-0.3, -0.25) is 13.9 Å². The van der Waals surface area contributed by atoms with E-state index in [0.717, 1.165) is 16.1 Å². The number of rotatable bonds is 10. The summed E-state index contributed by atoms with van der Waals surface area (Å²) in [7, 11) is -3.80. The summed E-state index contributed by atoms with van der Waals surface area (Å²) in [4.78, 5) is 27.7. The molecule has 192 valence electrons. The molecule has 0 saturated heterocycles. The number of carbonyl (C=O) groups is 2. The summed E-state index contributed by atoms with van der Waals surface area (Å²) < 4.78 is 26.4. The smallest absolute Gasteiger partial charge is 0.244 e. The van der Waals surface area contributed by atoms with E-state index in [1.165, 1.54) is 4.90 Å². The molecule has 0 aliphatic rings. The van der Waals surface area contributed by atoms with Gasteiger partial charge in [-0.15, -0.1) is 0 Å². The molecule has 0 radical (unpaired) electrons. The van der Waals surface area contributed by atoms with Crippen LogP contribution in [0.5, 0.6) is 0 Å². The maximum Gasteiger partial charge on any atom is 0.244 e. The molecule has 7 nitrogen and oxygen atoms in total. The first-order chi connectivity index (χ1) is 16.2. The van der Waals surface area contributed by atoms with Crippen LogP contribution in [-0.4, -0.2) is 50.0 Å². The Kier molecular flexibility index (Phi) is 10.0. The van der Waals surface area contributed by atoms with Gasteiger partial charge in [-0.05, 0) is 56.5 Å². The van der Waals surface area contributed by atoms with Gasteiger partial charge in [-0.1, -0.05) is 55.2 Å². The molecule has 1 atom stereocenters. The topological polar surface area (TPSA) is 86.8 Å². The molecule has 0 spiro atoms. The van der Waals surface area contributed by atoms with Gasteiger partial charge in [0.1, 0.15) is 12.6 Å². The van der Waals surface area contributed by atoms with Crippen LogP contribution < -0.4 is 9.62 Å². The molecule has 0 aliphatic heterocycles. The third-order valence-corrected chi connectivity index (χ3v) is 7.36. The largest absolute Gasteiger partial charge is 0.352 e. The van der Waals surface area contributed by atoms with Gasteiger partial charge in [0.15, 0.2) is 0 Å². The molecule has 2 aromatic rings. The van der Waals surface area contributed by atoms with Gasteiger partial charge < -0.3 is 10.2 Å². The predicted molar refractivity (Wildman–Crippen MR) is 142 cm³/mol. The van der Waals surface area contributed by atoms with E-state index < -0.39 is 28.5 Å². The van der Waals surface area contributed by atoms with E-state index in [-0.39, 0.29) is 24.4 Å². The van der Waals surface area contributed by atoms with Crippen molar-refractivity contribution in [1.29, 1.82) is 0 Å². The van der Waals surface area contributed by atoms with Gasteiger partial charge in [-0.25, -0.2) is 8.42 Å². The highest BCUT2D eigenvalue weighted by Gasteiger charge is 2.31. The van der Waals surface area contributed by atoms with Crippen molar-refractivity contribution in [2.24, 2.45) is 0 Å². The molecule has 2 rings (SSSR count). The molecule has 10 heteroatoms. The Labute approximate surface area is 218 Å². The number of hydrogen-bond donors (Lipinski definition) is 1. The number of benzene rings is 2. The fraction of sp³-hybridized carbons (Fsp3) is 0.440. The number of halogens is 2. The highest BCUT2D eigenvalue weighted by Crippen LogP contribution is 2.27. The van der Waals surface area contributed by atoms with Crippen LogP contribution in [0.25, 0.3) is 0 Å². The number of carbonyl (C=O) groups excluding carboxylic acids is 2. The Hall–Kier alpha value is -2.29. The standard InChI is InChI=1S/C25H33Cl2N3O4S/c1-16(2)19-10-12-20(13-11-19)30(35(6,33)34)15-24(31)29(18(5)25(32)28-17(3)4)14-21-22(26)8-7-9-23(21)27/h7-13,16-18H,14-15H2,1-6H3,(H,28,32). The van der Waals surface area contributed by atoms with E-state index in [2.05, 4.69) is 5.32 Å². The number of hydrogen-bond acceptors (Lipinski definition) is 4. The van der Waals surface area contributed by atoms with Gasteiger partial charge in [-0.2, -0.15) is 0 Å². The Morgan fingerprint density at radius 3 is 1.94 bits per heavy atom. The summed E-state index contributed by atoms with van der Waals surface area (Å²) in [5.74, 6) is -0.664. The van der Waals surface area contributed by atoms with Gasteiger partial charge in [0.2, 0.25) is 21.8 Å². The van der Waals surface area contributed by atoms with E-state index in [1.54, 1.807) is 37.3 Å². The van der Waals surface area contributed by atoms with E-state index in [0.29, 0.717) is 21.3 Å². The summed E-state index contributed by atoms with van der Waals surface area (Å²) in [6.07, 6.45) is 1.04. The minimum atomic E-state index is -3.80. The summed E-state index contributed by atoms with van der Waals surface area (Å²) in [6, 6.07) is 10.9. The first-order valence-electron chi connectivity index (χ1n) is 11.3. The Morgan fingerprint density at radius 1 is 0.943 bits per heavy atom. The third kappa shape index (κ3) is 7.85. The molecule has 1 N–H and O–H groups in total. The normalized spacial score (nSPS) is 12.5. The van der Waals surface area contributed by atoms with Crippen LogP contribution in [0, 0.1) is 0 Å². The van der Waals surface area contributed by atoms with Gasteiger partial charge in [0.05, 0.1) is 11.9 Å². The Balaban J connectivity index is 2.44. The van der Waals surface area contributed by atoms with E-state index in [4.69, 9.17) is 23.2 Å². The maximum absolute atomic E-state index is 13.6. The molecule has 0 saturated carbocycles. The highest BCUT2D eigenvalue weighted by atomic mass is 35.5. The van der Waals surface area contributed by atoms with Gasteiger partial charge in [0.25, 0.3) is 0 Å². The average Bonchev–Trinajstić information content (AvgIpc) is 2.75. The van der Waals surface area contributed by atoms with Crippen molar-refractivity contribution in [2.75, 3.05) is 17.1 Å². The zero-order valence-electron chi connectivity index (χ0n) is 20.9. The monoisotopic (exact) mass is 541 g/mol. The summed E-state index contributed by atoms with van der Waals surface area (Å²) >= 11 is 12.7. The Morgan fingerprint density at radius 2 is 1.49 bits per heavy atom.